The SMILES string of the molecule is CC(C)(C)[Si](C)(C)Oc1c(C(=O)O)ccc(F)c1F. The molecule has 19 heavy (non-hydrogen) atoms. The molecular formula is C13H18F2O3Si. The Kier molecular flexibility index (Phi) is 4.05. The molecule has 0 amide bonds. The van der Waals surface area contributed by atoms with Crippen LogP contribution in [0.3, 0.4) is 0 Å². The predicted molar refractivity (Wildman–Crippen MR) is 71.1 cm³/mol. The quantitative estimate of drug-likeness (QED) is 0.854. The zero-order valence-corrected chi connectivity index (χ0v) is 12.7. The lowest BCUT2D eigenvalue weighted by atomic mass is 10.2. The molecule has 1 rings (SSSR count). The molecule has 1 N–H and O–H groups in total. The zero-order chi connectivity index (χ0) is 15.0. The molecule has 0 spiro atoms. The molecule has 0 aliphatic carbocycles. The molecular weight excluding hydrogens is 270 g/mol. The van der Waals surface area contributed by atoms with Crippen LogP contribution < -0.4 is 4.43 Å². The summed E-state index contributed by atoms with van der Waals surface area (Å²) in [5.74, 6) is -4.20. The van der Waals surface area contributed by atoms with Gasteiger partial charge in [0.1, 0.15) is 5.56 Å². The van der Waals surface area contributed by atoms with E-state index in [0.29, 0.717) is 0 Å². The summed E-state index contributed by atoms with van der Waals surface area (Å²) in [6.45, 7) is 9.45. The van der Waals surface area contributed by atoms with Gasteiger partial charge in [0.05, 0.1) is 0 Å². The smallest absolute Gasteiger partial charge is 0.339 e. The number of halogens is 2. The number of rotatable bonds is 3. The Bertz CT molecular complexity index is 507. The molecule has 0 atom stereocenters. The summed E-state index contributed by atoms with van der Waals surface area (Å²) in [4.78, 5) is 11.1. The Hall–Kier alpha value is -1.43. The van der Waals surface area contributed by atoms with Gasteiger partial charge < -0.3 is 9.53 Å². The topological polar surface area (TPSA) is 46.5 Å². The molecule has 0 fully saturated rings. The molecule has 0 aliphatic heterocycles. The van der Waals surface area contributed by atoms with Crippen LogP contribution in [0.25, 0.3) is 0 Å². The lowest BCUT2D eigenvalue weighted by Gasteiger charge is -2.36. The summed E-state index contributed by atoms with van der Waals surface area (Å²) >= 11 is 0. The van der Waals surface area contributed by atoms with Crippen LogP contribution in [-0.4, -0.2) is 19.4 Å². The molecule has 0 aliphatic rings. The van der Waals surface area contributed by atoms with Crippen molar-refractivity contribution in [2.45, 2.75) is 38.9 Å². The van der Waals surface area contributed by atoms with Gasteiger partial charge in [0.25, 0.3) is 8.32 Å². The van der Waals surface area contributed by atoms with E-state index in [-0.39, 0.29) is 10.6 Å². The fraction of sp³-hybridized carbons (Fsp3) is 0.462. The minimum Gasteiger partial charge on any atom is -0.541 e. The Labute approximate surface area is 112 Å². The van der Waals surface area contributed by atoms with Crippen LogP contribution in [0.1, 0.15) is 31.1 Å². The van der Waals surface area contributed by atoms with Gasteiger partial charge in [-0.05, 0) is 30.3 Å². The van der Waals surface area contributed by atoms with Crippen molar-refractivity contribution in [3.05, 3.63) is 29.3 Å². The number of hydrogen-bond acceptors (Lipinski definition) is 2. The number of carboxylic acid groups (broad SMARTS) is 1. The van der Waals surface area contributed by atoms with E-state index in [1.807, 2.05) is 33.9 Å². The van der Waals surface area contributed by atoms with Gasteiger partial charge >= 0.3 is 5.97 Å². The maximum Gasteiger partial charge on any atom is 0.339 e. The first-order valence-corrected chi connectivity index (χ1v) is 8.78. The standard InChI is InChI=1S/C13H18F2O3Si/c1-13(2,3)19(4,5)18-11-8(12(16)17)6-7-9(14)10(11)15/h6-7H,1-5H3,(H,16,17). The van der Waals surface area contributed by atoms with E-state index >= 15 is 0 Å². The van der Waals surface area contributed by atoms with Crippen LogP contribution in [-0.2, 0) is 0 Å². The third-order valence-electron chi connectivity index (χ3n) is 3.44. The van der Waals surface area contributed by atoms with Crippen molar-refractivity contribution in [3.63, 3.8) is 0 Å². The monoisotopic (exact) mass is 288 g/mol. The van der Waals surface area contributed by atoms with Crippen molar-refractivity contribution < 1.29 is 23.1 Å². The zero-order valence-electron chi connectivity index (χ0n) is 11.7. The normalized spacial score (nSPS) is 12.4. The molecule has 0 heterocycles. The maximum atomic E-state index is 13.8. The Morgan fingerprint density at radius 1 is 1.26 bits per heavy atom. The second kappa shape index (κ2) is 4.92. The minimum absolute atomic E-state index is 0.248. The van der Waals surface area contributed by atoms with Gasteiger partial charge in [0.2, 0.25) is 0 Å². The Morgan fingerprint density at radius 2 is 1.79 bits per heavy atom. The van der Waals surface area contributed by atoms with Gasteiger partial charge in [-0.15, -0.1) is 0 Å². The minimum atomic E-state index is -2.45. The van der Waals surface area contributed by atoms with Crippen molar-refractivity contribution in [2.75, 3.05) is 0 Å². The summed E-state index contributed by atoms with van der Waals surface area (Å²) in [6, 6.07) is 1.81. The van der Waals surface area contributed by atoms with E-state index in [2.05, 4.69) is 0 Å². The van der Waals surface area contributed by atoms with Crippen LogP contribution in [0.5, 0.6) is 5.75 Å². The van der Waals surface area contributed by atoms with Gasteiger partial charge in [0, 0.05) is 0 Å². The van der Waals surface area contributed by atoms with Crippen LogP contribution >= 0.6 is 0 Å². The van der Waals surface area contributed by atoms with Gasteiger partial charge in [-0.25, -0.2) is 9.18 Å². The second-order valence-electron chi connectivity index (χ2n) is 5.91. The Balaban J connectivity index is 3.35. The molecule has 0 radical (unpaired) electrons. The fourth-order valence-corrected chi connectivity index (χ4v) is 2.22. The first kappa shape index (κ1) is 15.6. The average Bonchev–Trinajstić information content (AvgIpc) is 2.22. The van der Waals surface area contributed by atoms with E-state index in [9.17, 15) is 13.6 Å². The van der Waals surface area contributed by atoms with E-state index in [1.165, 1.54) is 0 Å². The van der Waals surface area contributed by atoms with E-state index in [0.717, 1.165) is 12.1 Å². The second-order valence-corrected chi connectivity index (χ2v) is 10.6. The number of hydrogen-bond donors (Lipinski definition) is 1. The molecule has 6 heteroatoms. The summed E-state index contributed by atoms with van der Waals surface area (Å²) < 4.78 is 32.7. The van der Waals surface area contributed by atoms with Gasteiger partial charge in [-0.1, -0.05) is 20.8 Å². The van der Waals surface area contributed by atoms with Crippen molar-refractivity contribution >= 4 is 14.3 Å². The highest BCUT2D eigenvalue weighted by molar-refractivity contribution is 6.74. The summed E-state index contributed by atoms with van der Waals surface area (Å²) in [5, 5.41) is 8.78. The summed E-state index contributed by atoms with van der Waals surface area (Å²) in [7, 11) is -2.45. The Morgan fingerprint density at radius 3 is 2.21 bits per heavy atom. The van der Waals surface area contributed by atoms with Crippen LogP contribution in [0, 0.1) is 11.6 Å². The van der Waals surface area contributed by atoms with Crippen molar-refractivity contribution in [3.8, 4) is 5.75 Å². The molecule has 3 nitrogen and oxygen atoms in total. The molecule has 0 aromatic heterocycles. The molecule has 1 aromatic rings. The van der Waals surface area contributed by atoms with Crippen LogP contribution in [0.4, 0.5) is 8.78 Å². The number of benzene rings is 1. The molecule has 0 saturated heterocycles. The van der Waals surface area contributed by atoms with Crippen molar-refractivity contribution in [2.24, 2.45) is 0 Å². The molecule has 0 bridgehead atoms. The first-order chi connectivity index (χ1) is 8.47. The van der Waals surface area contributed by atoms with Crippen LogP contribution in [0.2, 0.25) is 18.1 Å². The van der Waals surface area contributed by atoms with Crippen LogP contribution in [0.15, 0.2) is 12.1 Å². The maximum absolute atomic E-state index is 13.8. The highest BCUT2D eigenvalue weighted by Gasteiger charge is 2.40. The van der Waals surface area contributed by atoms with Gasteiger partial charge in [0.15, 0.2) is 17.4 Å². The number of carboxylic acids is 1. The van der Waals surface area contributed by atoms with E-state index in [4.69, 9.17) is 9.53 Å². The van der Waals surface area contributed by atoms with Crippen molar-refractivity contribution in [1.82, 2.24) is 0 Å². The first-order valence-electron chi connectivity index (χ1n) is 5.87. The lowest BCUT2D eigenvalue weighted by molar-refractivity contribution is 0.0693. The van der Waals surface area contributed by atoms with Gasteiger partial charge in [-0.2, -0.15) is 4.39 Å². The highest BCUT2D eigenvalue weighted by atomic mass is 28.4. The predicted octanol–water partition coefficient (Wildman–Crippen LogP) is 4.05. The molecule has 0 unspecified atom stereocenters. The average molecular weight is 288 g/mol. The lowest BCUT2D eigenvalue weighted by Crippen LogP contribution is -2.44. The van der Waals surface area contributed by atoms with Crippen molar-refractivity contribution in [1.29, 1.82) is 0 Å². The third-order valence-corrected chi connectivity index (χ3v) is 7.77. The highest BCUT2D eigenvalue weighted by Crippen LogP contribution is 2.39. The fourth-order valence-electron chi connectivity index (χ4n) is 1.21. The number of carbonyl (C=O) groups is 1. The summed E-state index contributed by atoms with van der Waals surface area (Å²) in [5.41, 5.74) is -0.358. The molecule has 1 aromatic carbocycles. The summed E-state index contributed by atoms with van der Waals surface area (Å²) in [6.07, 6.45) is 0. The number of aromatic carboxylic acids is 1. The molecule has 106 valence electrons. The van der Waals surface area contributed by atoms with E-state index in [1.54, 1.807) is 0 Å². The largest absolute Gasteiger partial charge is 0.541 e. The van der Waals surface area contributed by atoms with Gasteiger partial charge in [-0.3, -0.25) is 0 Å². The molecule has 0 saturated carbocycles. The van der Waals surface area contributed by atoms with E-state index < -0.39 is 31.7 Å². The third kappa shape index (κ3) is 3.12.